The second-order valence-corrected chi connectivity index (χ2v) is 3.63. The molecule has 4 heteroatoms. The molecule has 0 saturated heterocycles. The van der Waals surface area contributed by atoms with E-state index in [0.29, 0.717) is 23.6 Å². The zero-order valence-electron chi connectivity index (χ0n) is 8.88. The van der Waals surface area contributed by atoms with E-state index >= 15 is 0 Å². The number of rotatable bonds is 2. The number of carbonyl (C=O) groups excluding carboxylic acids is 1. The molecule has 84 valence electrons. The molecule has 3 nitrogen and oxygen atoms in total. The molecule has 16 heavy (non-hydrogen) atoms. The Hall–Kier alpha value is -1.66. The van der Waals surface area contributed by atoms with Crippen LogP contribution in [0.1, 0.15) is 18.9 Å². The quantitative estimate of drug-likeness (QED) is 0.610. The number of hydrogen-bond acceptors (Lipinski definition) is 2. The minimum Gasteiger partial charge on any atom is -0.507 e. The van der Waals surface area contributed by atoms with E-state index in [-0.39, 0.29) is 11.7 Å². The van der Waals surface area contributed by atoms with E-state index in [0.717, 1.165) is 0 Å². The molecule has 0 radical (unpaired) electrons. The first kappa shape index (κ1) is 12.4. The molecule has 0 spiro atoms. The van der Waals surface area contributed by atoms with Gasteiger partial charge in [0.15, 0.2) is 0 Å². The van der Waals surface area contributed by atoms with Crippen molar-refractivity contribution >= 4 is 17.5 Å². The van der Waals surface area contributed by atoms with E-state index < -0.39 is 0 Å². The molecule has 0 bridgehead atoms. The van der Waals surface area contributed by atoms with Crippen LogP contribution in [0.15, 0.2) is 18.2 Å². The van der Waals surface area contributed by atoms with Crippen LogP contribution in [0, 0.1) is 11.8 Å². The molecule has 0 aliphatic heterocycles. The van der Waals surface area contributed by atoms with Crippen molar-refractivity contribution in [1.82, 2.24) is 5.32 Å². The third-order valence-corrected chi connectivity index (χ3v) is 2.04. The highest BCUT2D eigenvalue weighted by atomic mass is 35.5. The van der Waals surface area contributed by atoms with Crippen LogP contribution in [-0.4, -0.2) is 17.6 Å². The van der Waals surface area contributed by atoms with Crippen molar-refractivity contribution in [3.05, 3.63) is 28.8 Å². The van der Waals surface area contributed by atoms with Crippen LogP contribution < -0.4 is 5.32 Å². The zero-order chi connectivity index (χ0) is 12.0. The normalized spacial score (nSPS) is 9.12. The highest BCUT2D eigenvalue weighted by molar-refractivity contribution is 6.30. The molecule has 1 aromatic rings. The summed E-state index contributed by atoms with van der Waals surface area (Å²) in [6, 6.07) is 4.70. The van der Waals surface area contributed by atoms with Crippen LogP contribution in [0.25, 0.3) is 0 Å². The van der Waals surface area contributed by atoms with Crippen LogP contribution in [-0.2, 0) is 4.79 Å². The Morgan fingerprint density at radius 3 is 3.00 bits per heavy atom. The van der Waals surface area contributed by atoms with Gasteiger partial charge in [0.05, 0.1) is 5.56 Å². The summed E-state index contributed by atoms with van der Waals surface area (Å²) in [5.41, 5.74) is 0.496. The first-order valence-corrected chi connectivity index (χ1v) is 5.19. The monoisotopic (exact) mass is 237 g/mol. The number of aromatic hydroxyl groups is 1. The van der Waals surface area contributed by atoms with E-state index in [9.17, 15) is 9.90 Å². The van der Waals surface area contributed by atoms with E-state index in [4.69, 9.17) is 11.6 Å². The fraction of sp³-hybridized carbons (Fsp3) is 0.250. The second kappa shape index (κ2) is 6.04. The fourth-order valence-electron chi connectivity index (χ4n) is 1.07. The summed E-state index contributed by atoms with van der Waals surface area (Å²) in [6.45, 7) is 1.96. The Kier molecular flexibility index (Phi) is 4.68. The van der Waals surface area contributed by atoms with Gasteiger partial charge < -0.3 is 10.4 Å². The van der Waals surface area contributed by atoms with Gasteiger partial charge in [0.2, 0.25) is 5.91 Å². The van der Waals surface area contributed by atoms with Crippen LogP contribution in [0.2, 0.25) is 5.02 Å². The smallest absolute Gasteiger partial charge is 0.216 e. The highest BCUT2D eigenvalue weighted by Gasteiger charge is 1.97. The van der Waals surface area contributed by atoms with E-state index in [1.54, 1.807) is 12.1 Å². The summed E-state index contributed by atoms with van der Waals surface area (Å²) in [6.07, 6.45) is 0.533. The van der Waals surface area contributed by atoms with Crippen molar-refractivity contribution < 1.29 is 9.90 Å². The van der Waals surface area contributed by atoms with Gasteiger partial charge in [-0.3, -0.25) is 4.79 Å². The molecule has 1 aromatic carbocycles. The summed E-state index contributed by atoms with van der Waals surface area (Å²) >= 11 is 5.76. The summed E-state index contributed by atoms with van der Waals surface area (Å²) in [4.78, 5) is 10.6. The molecule has 1 amide bonds. The van der Waals surface area contributed by atoms with Crippen molar-refractivity contribution in [2.24, 2.45) is 0 Å². The molecule has 0 saturated carbocycles. The maximum absolute atomic E-state index is 10.6. The first-order chi connectivity index (χ1) is 7.59. The van der Waals surface area contributed by atoms with Crippen LogP contribution >= 0.6 is 11.6 Å². The number of hydrogen-bond donors (Lipinski definition) is 2. The summed E-state index contributed by atoms with van der Waals surface area (Å²) in [5.74, 6) is 5.66. The van der Waals surface area contributed by atoms with Gasteiger partial charge in [-0.05, 0) is 18.2 Å². The maximum Gasteiger partial charge on any atom is 0.216 e. The van der Waals surface area contributed by atoms with Gasteiger partial charge in [0, 0.05) is 24.9 Å². The number of halogens is 1. The van der Waals surface area contributed by atoms with E-state index in [1.165, 1.54) is 13.0 Å². The Morgan fingerprint density at radius 2 is 2.31 bits per heavy atom. The van der Waals surface area contributed by atoms with Crippen molar-refractivity contribution in [3.8, 4) is 17.6 Å². The third-order valence-electron chi connectivity index (χ3n) is 1.81. The average molecular weight is 238 g/mol. The molecule has 0 aliphatic rings. The number of phenolic OH excluding ortho intramolecular Hbond substituents is 1. The average Bonchev–Trinajstić information content (AvgIpc) is 2.22. The van der Waals surface area contributed by atoms with Crippen molar-refractivity contribution in [2.45, 2.75) is 13.3 Å². The van der Waals surface area contributed by atoms with Crippen molar-refractivity contribution in [1.29, 1.82) is 0 Å². The molecular weight excluding hydrogens is 226 g/mol. The molecule has 2 N–H and O–H groups in total. The first-order valence-electron chi connectivity index (χ1n) is 4.81. The topological polar surface area (TPSA) is 49.3 Å². The summed E-state index contributed by atoms with van der Waals surface area (Å²) < 4.78 is 0. The van der Waals surface area contributed by atoms with Gasteiger partial charge in [-0.15, -0.1) is 0 Å². The predicted molar refractivity (Wildman–Crippen MR) is 63.3 cm³/mol. The van der Waals surface area contributed by atoms with Gasteiger partial charge in [0.25, 0.3) is 0 Å². The van der Waals surface area contributed by atoms with Gasteiger partial charge in [-0.2, -0.15) is 0 Å². The van der Waals surface area contributed by atoms with Gasteiger partial charge in [-0.25, -0.2) is 0 Å². The number of amides is 1. The van der Waals surface area contributed by atoms with Gasteiger partial charge in [-0.1, -0.05) is 23.4 Å². The molecule has 1 rings (SSSR count). The lowest BCUT2D eigenvalue weighted by Crippen LogP contribution is -2.20. The SMILES string of the molecule is CC(=O)NCCC#Cc1cc(Cl)ccc1O. The third kappa shape index (κ3) is 4.24. The molecule has 0 unspecified atom stereocenters. The zero-order valence-corrected chi connectivity index (χ0v) is 9.64. The number of phenols is 1. The number of carbonyl (C=O) groups is 1. The van der Waals surface area contributed by atoms with E-state index in [1.807, 2.05) is 0 Å². The van der Waals surface area contributed by atoms with Crippen LogP contribution in [0.4, 0.5) is 0 Å². The number of nitrogens with one attached hydrogen (secondary N) is 1. The van der Waals surface area contributed by atoms with Gasteiger partial charge >= 0.3 is 0 Å². The molecule has 0 aromatic heterocycles. The predicted octanol–water partition coefficient (Wildman–Crippen LogP) is 1.92. The number of benzene rings is 1. The minimum atomic E-state index is -0.0765. The molecule has 0 atom stereocenters. The Balaban J connectivity index is 2.56. The summed E-state index contributed by atoms with van der Waals surface area (Å²) in [7, 11) is 0. The lowest BCUT2D eigenvalue weighted by molar-refractivity contribution is -0.118. The lowest BCUT2D eigenvalue weighted by atomic mass is 10.2. The fourth-order valence-corrected chi connectivity index (χ4v) is 1.24. The molecule has 0 fully saturated rings. The second-order valence-electron chi connectivity index (χ2n) is 3.20. The molecular formula is C12H12ClNO2. The Morgan fingerprint density at radius 1 is 1.56 bits per heavy atom. The maximum atomic E-state index is 10.6. The molecule has 0 heterocycles. The van der Waals surface area contributed by atoms with Crippen LogP contribution in [0.3, 0.4) is 0 Å². The minimum absolute atomic E-state index is 0.0765. The highest BCUT2D eigenvalue weighted by Crippen LogP contribution is 2.20. The largest absolute Gasteiger partial charge is 0.507 e. The van der Waals surface area contributed by atoms with Crippen molar-refractivity contribution in [2.75, 3.05) is 6.54 Å². The Labute approximate surface area is 99.4 Å². The lowest BCUT2D eigenvalue weighted by Gasteiger charge is -1.97. The molecule has 0 aliphatic carbocycles. The van der Waals surface area contributed by atoms with Crippen LogP contribution in [0.5, 0.6) is 5.75 Å². The van der Waals surface area contributed by atoms with Crippen molar-refractivity contribution in [3.63, 3.8) is 0 Å². The van der Waals surface area contributed by atoms with E-state index in [2.05, 4.69) is 17.2 Å². The van der Waals surface area contributed by atoms with Gasteiger partial charge in [0.1, 0.15) is 5.75 Å². The standard InChI is InChI=1S/C12H12ClNO2/c1-9(15)14-7-3-2-4-10-8-11(13)5-6-12(10)16/h5-6,8,16H,3,7H2,1H3,(H,14,15). The Bertz CT molecular complexity index is 446. The summed E-state index contributed by atoms with van der Waals surface area (Å²) in [5, 5.41) is 12.6.